The van der Waals surface area contributed by atoms with Crippen molar-refractivity contribution in [3.8, 4) is 5.75 Å². The van der Waals surface area contributed by atoms with Gasteiger partial charge in [0.05, 0.1) is 31.0 Å². The number of hydrogen-bond donors (Lipinski definition) is 0. The molecule has 0 amide bonds. The highest BCUT2D eigenvalue weighted by Crippen LogP contribution is 2.37. The van der Waals surface area contributed by atoms with Crippen LogP contribution in [-0.4, -0.2) is 38.5 Å². The summed E-state index contributed by atoms with van der Waals surface area (Å²) in [5, 5.41) is 0. The molecule has 0 aromatic heterocycles. The third-order valence-electron chi connectivity index (χ3n) is 4.42. The number of carbonyl (C=O) groups is 1. The van der Waals surface area contributed by atoms with Gasteiger partial charge in [0.25, 0.3) is 0 Å². The van der Waals surface area contributed by atoms with Crippen molar-refractivity contribution in [1.29, 1.82) is 0 Å². The van der Waals surface area contributed by atoms with Crippen molar-refractivity contribution in [2.24, 2.45) is 0 Å². The Morgan fingerprint density at radius 3 is 2.25 bits per heavy atom. The Labute approximate surface area is 141 Å². The molecule has 24 heavy (non-hydrogen) atoms. The van der Waals surface area contributed by atoms with Gasteiger partial charge >= 0.3 is 13.1 Å². The lowest BCUT2D eigenvalue weighted by Gasteiger charge is -2.32. The number of halogens is 1. The lowest BCUT2D eigenvalue weighted by Crippen LogP contribution is -2.41. The summed E-state index contributed by atoms with van der Waals surface area (Å²) < 4.78 is 35.9. The summed E-state index contributed by atoms with van der Waals surface area (Å²) in [4.78, 5) is 11.7. The smallest absolute Gasteiger partial charge is 0.487 e. The summed E-state index contributed by atoms with van der Waals surface area (Å²) in [6.07, 6.45) is 1.51. The molecule has 0 atom stereocenters. The topological polar surface area (TPSA) is 54.0 Å². The van der Waals surface area contributed by atoms with Gasteiger partial charge in [-0.05, 0) is 39.8 Å². The summed E-state index contributed by atoms with van der Waals surface area (Å²) in [6.45, 7) is 7.73. The molecule has 1 aromatic carbocycles. The summed E-state index contributed by atoms with van der Waals surface area (Å²) >= 11 is 0. The van der Waals surface area contributed by atoms with Crippen molar-refractivity contribution in [3.63, 3.8) is 0 Å². The molecule has 130 valence electrons. The number of carbonyl (C=O) groups excluding carboxylic acids is 1. The van der Waals surface area contributed by atoms with Gasteiger partial charge in [0.1, 0.15) is 11.6 Å². The van der Waals surface area contributed by atoms with Gasteiger partial charge < -0.3 is 18.8 Å². The standard InChI is InChI=1S/C17H22BFO5/c1-16(2)17(3,4)24-18(23-16)8-7-11-9-12(21-5)10-13(14(11)19)15(20)22-6/h7-10H,1-6H3. The summed E-state index contributed by atoms with van der Waals surface area (Å²) in [5.41, 5.74) is -0.965. The molecule has 7 heteroatoms. The molecule has 1 aliphatic rings. The molecule has 1 saturated heterocycles. The van der Waals surface area contributed by atoms with E-state index in [1.54, 1.807) is 5.98 Å². The molecule has 1 aromatic rings. The van der Waals surface area contributed by atoms with Crippen LogP contribution >= 0.6 is 0 Å². The molecular formula is C17H22BFO5. The number of methoxy groups -OCH3 is 2. The normalized spacial score (nSPS) is 18.9. The van der Waals surface area contributed by atoms with Gasteiger partial charge in [-0.3, -0.25) is 0 Å². The minimum Gasteiger partial charge on any atom is -0.497 e. The molecular weight excluding hydrogens is 314 g/mol. The number of hydrogen-bond acceptors (Lipinski definition) is 5. The molecule has 0 aliphatic carbocycles. The molecule has 0 spiro atoms. The van der Waals surface area contributed by atoms with Crippen LogP contribution in [0.3, 0.4) is 0 Å². The van der Waals surface area contributed by atoms with Crippen LogP contribution in [-0.2, 0) is 14.0 Å². The Bertz CT molecular complexity index is 653. The number of esters is 1. The average Bonchev–Trinajstić information content (AvgIpc) is 2.73. The van der Waals surface area contributed by atoms with Crippen LogP contribution in [0.15, 0.2) is 18.1 Å². The quantitative estimate of drug-likeness (QED) is 0.624. The average molecular weight is 336 g/mol. The predicted octanol–water partition coefficient (Wildman–Crippen LogP) is 3.27. The van der Waals surface area contributed by atoms with Gasteiger partial charge in [0.15, 0.2) is 0 Å². The fraction of sp³-hybridized carbons (Fsp3) is 0.471. The summed E-state index contributed by atoms with van der Waals surface area (Å²) in [7, 11) is 2.03. The van der Waals surface area contributed by atoms with Gasteiger partial charge in [-0.25, -0.2) is 9.18 Å². The first kappa shape index (κ1) is 18.5. The van der Waals surface area contributed by atoms with Gasteiger partial charge in [-0.2, -0.15) is 0 Å². The zero-order valence-corrected chi connectivity index (χ0v) is 14.8. The van der Waals surface area contributed by atoms with Crippen LogP contribution in [0.1, 0.15) is 43.6 Å². The molecule has 1 heterocycles. The van der Waals surface area contributed by atoms with E-state index in [1.165, 1.54) is 32.4 Å². The maximum Gasteiger partial charge on any atom is 0.487 e. The number of benzene rings is 1. The monoisotopic (exact) mass is 336 g/mol. The van der Waals surface area contributed by atoms with Crippen molar-refractivity contribution >= 4 is 19.2 Å². The maximum absolute atomic E-state index is 14.5. The second-order valence-electron chi connectivity index (χ2n) is 6.55. The van der Waals surface area contributed by atoms with E-state index in [2.05, 4.69) is 4.74 Å². The first-order valence-corrected chi connectivity index (χ1v) is 7.61. The second kappa shape index (κ2) is 6.57. The van der Waals surface area contributed by atoms with E-state index in [-0.39, 0.29) is 11.1 Å². The van der Waals surface area contributed by atoms with Gasteiger partial charge in [0.2, 0.25) is 0 Å². The fourth-order valence-electron chi connectivity index (χ4n) is 2.27. The van der Waals surface area contributed by atoms with Crippen molar-refractivity contribution in [1.82, 2.24) is 0 Å². The van der Waals surface area contributed by atoms with E-state index < -0.39 is 30.1 Å². The first-order valence-electron chi connectivity index (χ1n) is 7.61. The molecule has 0 N–H and O–H groups in total. The SMILES string of the molecule is COC(=O)c1cc(OC)cc(C=CB2OC(C)(C)C(C)(C)O2)c1F. The van der Waals surface area contributed by atoms with Crippen molar-refractivity contribution in [2.75, 3.05) is 14.2 Å². The third kappa shape index (κ3) is 3.47. The highest BCUT2D eigenvalue weighted by atomic mass is 19.1. The Morgan fingerprint density at radius 1 is 1.17 bits per heavy atom. The van der Waals surface area contributed by atoms with Gasteiger partial charge in [0, 0.05) is 5.56 Å². The largest absolute Gasteiger partial charge is 0.497 e. The van der Waals surface area contributed by atoms with E-state index in [0.29, 0.717) is 5.75 Å². The zero-order valence-electron chi connectivity index (χ0n) is 14.8. The Morgan fingerprint density at radius 2 is 1.75 bits per heavy atom. The number of rotatable bonds is 4. The second-order valence-corrected chi connectivity index (χ2v) is 6.55. The Balaban J connectivity index is 2.31. The van der Waals surface area contributed by atoms with Crippen LogP contribution in [0.2, 0.25) is 0 Å². The number of ether oxygens (including phenoxy) is 2. The lowest BCUT2D eigenvalue weighted by molar-refractivity contribution is 0.00578. The molecule has 0 unspecified atom stereocenters. The van der Waals surface area contributed by atoms with E-state index >= 15 is 0 Å². The minimum atomic E-state index is -0.767. The van der Waals surface area contributed by atoms with Crippen molar-refractivity contribution < 1.29 is 28.0 Å². The Kier molecular flexibility index (Phi) is 5.06. The predicted molar refractivity (Wildman–Crippen MR) is 89.4 cm³/mol. The first-order chi connectivity index (χ1) is 11.1. The van der Waals surface area contributed by atoms with Crippen LogP contribution < -0.4 is 4.74 Å². The molecule has 1 aliphatic heterocycles. The maximum atomic E-state index is 14.5. The minimum absolute atomic E-state index is 0.185. The highest BCUT2D eigenvalue weighted by molar-refractivity contribution is 6.52. The third-order valence-corrected chi connectivity index (χ3v) is 4.42. The van der Waals surface area contributed by atoms with Crippen LogP contribution in [0.5, 0.6) is 5.75 Å². The van der Waals surface area contributed by atoms with Crippen molar-refractivity contribution in [3.05, 3.63) is 35.1 Å². The summed E-state index contributed by atoms with van der Waals surface area (Å²) in [5.74, 6) is 0.507. The van der Waals surface area contributed by atoms with Crippen molar-refractivity contribution in [2.45, 2.75) is 38.9 Å². The molecule has 0 radical (unpaired) electrons. The molecule has 0 bridgehead atoms. The zero-order chi connectivity index (χ0) is 18.1. The summed E-state index contributed by atoms with van der Waals surface area (Å²) in [6, 6.07) is 2.79. The van der Waals surface area contributed by atoms with E-state index in [0.717, 1.165) is 0 Å². The van der Waals surface area contributed by atoms with Gasteiger partial charge in [-0.1, -0.05) is 12.1 Å². The lowest BCUT2D eigenvalue weighted by atomic mass is 9.89. The van der Waals surface area contributed by atoms with Crippen LogP contribution in [0.4, 0.5) is 4.39 Å². The van der Waals surface area contributed by atoms with Gasteiger partial charge in [-0.15, -0.1) is 0 Å². The Hall–Kier alpha value is -1.86. The van der Waals surface area contributed by atoms with E-state index in [1.807, 2.05) is 27.7 Å². The van der Waals surface area contributed by atoms with Crippen LogP contribution in [0.25, 0.3) is 6.08 Å². The molecule has 0 saturated carbocycles. The highest BCUT2D eigenvalue weighted by Gasteiger charge is 2.50. The molecule has 5 nitrogen and oxygen atoms in total. The molecule has 1 fully saturated rings. The van der Waals surface area contributed by atoms with Crippen LogP contribution in [0, 0.1) is 5.82 Å². The van der Waals surface area contributed by atoms with E-state index in [4.69, 9.17) is 14.0 Å². The fourth-order valence-corrected chi connectivity index (χ4v) is 2.27. The molecule has 2 rings (SSSR count). The van der Waals surface area contributed by atoms with E-state index in [9.17, 15) is 9.18 Å².